The van der Waals surface area contributed by atoms with Crippen LogP contribution in [0, 0.1) is 17.0 Å². The Morgan fingerprint density at radius 1 is 1.48 bits per heavy atom. The van der Waals surface area contributed by atoms with Crippen molar-refractivity contribution in [1.29, 1.82) is 0 Å². The van der Waals surface area contributed by atoms with Gasteiger partial charge in [0.1, 0.15) is 0 Å². The highest BCUT2D eigenvalue weighted by Crippen LogP contribution is 2.33. The molecule has 0 aliphatic heterocycles. The molecule has 0 N–H and O–H groups in total. The van der Waals surface area contributed by atoms with Crippen LogP contribution in [-0.2, 0) is 11.2 Å². The number of aromatic nitrogens is 2. The van der Waals surface area contributed by atoms with Gasteiger partial charge in [0.05, 0.1) is 16.6 Å². The van der Waals surface area contributed by atoms with Crippen LogP contribution in [0.2, 0.25) is 5.15 Å². The molecule has 122 valence electrons. The molecular weight excluding hydrogens is 318 g/mol. The van der Waals surface area contributed by atoms with E-state index in [1.54, 1.807) is 26.1 Å². The fourth-order valence-corrected chi connectivity index (χ4v) is 2.63. The maximum Gasteiger partial charge on any atom is 0.312 e. The first kappa shape index (κ1) is 17.3. The van der Waals surface area contributed by atoms with Crippen LogP contribution in [0.1, 0.15) is 36.3 Å². The molecule has 0 aliphatic rings. The van der Waals surface area contributed by atoms with Gasteiger partial charge in [0.2, 0.25) is 5.15 Å². The molecule has 2 aromatic heterocycles. The zero-order valence-electron chi connectivity index (χ0n) is 13.0. The number of rotatable bonds is 7. The second-order valence-corrected chi connectivity index (χ2v) is 5.59. The van der Waals surface area contributed by atoms with Crippen molar-refractivity contribution in [1.82, 2.24) is 9.97 Å². The van der Waals surface area contributed by atoms with Crippen molar-refractivity contribution in [2.75, 3.05) is 6.61 Å². The summed E-state index contributed by atoms with van der Waals surface area (Å²) in [5.74, 6) is 0. The molecular formula is C16H18ClN3O3. The van der Waals surface area contributed by atoms with Crippen molar-refractivity contribution in [3.63, 3.8) is 0 Å². The smallest absolute Gasteiger partial charge is 0.312 e. The predicted molar refractivity (Wildman–Crippen MR) is 87.6 cm³/mol. The van der Waals surface area contributed by atoms with Crippen LogP contribution < -0.4 is 0 Å². The Bertz CT molecular complexity index is 680. The number of ether oxygens (including phenoxy) is 1. The molecule has 0 fully saturated rings. The Morgan fingerprint density at radius 3 is 2.91 bits per heavy atom. The molecule has 0 bridgehead atoms. The highest BCUT2D eigenvalue weighted by Gasteiger charge is 2.25. The predicted octanol–water partition coefficient (Wildman–Crippen LogP) is 4.06. The first-order chi connectivity index (χ1) is 11.0. The number of halogens is 1. The van der Waals surface area contributed by atoms with Gasteiger partial charge in [-0.25, -0.2) is 4.98 Å². The van der Waals surface area contributed by atoms with Crippen molar-refractivity contribution >= 4 is 17.3 Å². The maximum absolute atomic E-state index is 11.2. The molecule has 2 aromatic rings. The summed E-state index contributed by atoms with van der Waals surface area (Å²) >= 11 is 5.90. The van der Waals surface area contributed by atoms with Gasteiger partial charge in [0.15, 0.2) is 0 Å². The third kappa shape index (κ3) is 4.71. The van der Waals surface area contributed by atoms with Gasteiger partial charge in [-0.3, -0.25) is 15.1 Å². The van der Waals surface area contributed by atoms with E-state index in [2.05, 4.69) is 9.97 Å². The van der Waals surface area contributed by atoms with Gasteiger partial charge in [-0.2, -0.15) is 0 Å². The van der Waals surface area contributed by atoms with Crippen LogP contribution in [-0.4, -0.2) is 21.5 Å². The van der Waals surface area contributed by atoms with Gasteiger partial charge in [0, 0.05) is 24.7 Å². The average Bonchev–Trinajstić information content (AvgIpc) is 2.51. The summed E-state index contributed by atoms with van der Waals surface area (Å²) < 4.78 is 5.74. The van der Waals surface area contributed by atoms with Crippen molar-refractivity contribution in [2.24, 2.45) is 0 Å². The highest BCUT2D eigenvalue weighted by atomic mass is 35.5. The molecule has 0 aliphatic carbocycles. The monoisotopic (exact) mass is 335 g/mol. The van der Waals surface area contributed by atoms with E-state index in [1.165, 1.54) is 0 Å². The van der Waals surface area contributed by atoms with E-state index in [-0.39, 0.29) is 10.8 Å². The normalized spacial score (nSPS) is 12.1. The van der Waals surface area contributed by atoms with E-state index in [4.69, 9.17) is 16.3 Å². The Labute approximate surface area is 139 Å². The van der Waals surface area contributed by atoms with Crippen LogP contribution in [0.15, 0.2) is 30.6 Å². The van der Waals surface area contributed by atoms with E-state index in [0.717, 1.165) is 18.4 Å². The number of pyridine rings is 2. The maximum atomic E-state index is 11.2. The third-order valence-corrected chi connectivity index (χ3v) is 3.69. The Kier molecular flexibility index (Phi) is 6.01. The molecule has 1 atom stereocenters. The number of hydrogen-bond donors (Lipinski definition) is 0. The summed E-state index contributed by atoms with van der Waals surface area (Å²) in [5.41, 5.74) is 2.03. The van der Waals surface area contributed by atoms with Crippen molar-refractivity contribution in [3.05, 3.63) is 62.7 Å². The lowest BCUT2D eigenvalue weighted by molar-refractivity contribution is -0.386. The Balaban J connectivity index is 1.98. The van der Waals surface area contributed by atoms with E-state index in [0.29, 0.717) is 17.9 Å². The molecule has 0 amide bonds. The van der Waals surface area contributed by atoms with Crippen LogP contribution in [0.3, 0.4) is 0 Å². The fourth-order valence-electron chi connectivity index (χ4n) is 2.32. The molecule has 7 heteroatoms. The average molecular weight is 336 g/mol. The van der Waals surface area contributed by atoms with E-state index < -0.39 is 11.0 Å². The van der Waals surface area contributed by atoms with E-state index in [1.807, 2.05) is 18.3 Å². The lowest BCUT2D eigenvalue weighted by Gasteiger charge is -2.14. The van der Waals surface area contributed by atoms with Crippen LogP contribution >= 0.6 is 11.6 Å². The number of nitro groups is 1. The summed E-state index contributed by atoms with van der Waals surface area (Å²) in [6.07, 6.45) is 4.78. The quantitative estimate of drug-likeness (QED) is 0.330. The van der Waals surface area contributed by atoms with E-state index >= 15 is 0 Å². The standard InChI is InChI=1S/C16H18ClN3O3/c1-11-9-14(15(20(21)22)16(17)19-11)12(2)23-8-4-6-13-5-3-7-18-10-13/h3,5,7,9-10,12H,4,6,8H2,1-2H3. The van der Waals surface area contributed by atoms with Gasteiger partial charge < -0.3 is 4.74 Å². The topological polar surface area (TPSA) is 78.2 Å². The van der Waals surface area contributed by atoms with Crippen molar-refractivity contribution in [3.8, 4) is 0 Å². The summed E-state index contributed by atoms with van der Waals surface area (Å²) in [7, 11) is 0. The molecule has 6 nitrogen and oxygen atoms in total. The van der Waals surface area contributed by atoms with Gasteiger partial charge in [-0.15, -0.1) is 0 Å². The molecule has 0 saturated carbocycles. The molecule has 1 unspecified atom stereocenters. The molecule has 0 spiro atoms. The summed E-state index contributed by atoms with van der Waals surface area (Å²) in [4.78, 5) is 18.7. The van der Waals surface area contributed by atoms with Crippen LogP contribution in [0.4, 0.5) is 5.69 Å². The summed E-state index contributed by atoms with van der Waals surface area (Å²) in [5, 5.41) is 11.1. The van der Waals surface area contributed by atoms with Crippen molar-refractivity contribution in [2.45, 2.75) is 32.8 Å². The zero-order chi connectivity index (χ0) is 16.8. The third-order valence-electron chi connectivity index (χ3n) is 3.43. The van der Waals surface area contributed by atoms with Crippen LogP contribution in [0.5, 0.6) is 0 Å². The zero-order valence-corrected chi connectivity index (χ0v) is 13.8. The van der Waals surface area contributed by atoms with Gasteiger partial charge in [-0.05, 0) is 44.4 Å². The summed E-state index contributed by atoms with van der Waals surface area (Å²) in [6, 6.07) is 5.55. The minimum atomic E-state index is -0.514. The van der Waals surface area contributed by atoms with Gasteiger partial charge in [-0.1, -0.05) is 17.7 Å². The fraction of sp³-hybridized carbons (Fsp3) is 0.375. The first-order valence-corrected chi connectivity index (χ1v) is 7.68. The SMILES string of the molecule is Cc1cc(C(C)OCCCc2cccnc2)c([N+](=O)[O-])c(Cl)n1. The minimum absolute atomic E-state index is 0.101. The first-order valence-electron chi connectivity index (χ1n) is 7.31. The Hall–Kier alpha value is -2.05. The largest absolute Gasteiger partial charge is 0.374 e. The lowest BCUT2D eigenvalue weighted by atomic mass is 10.1. The molecule has 0 saturated heterocycles. The lowest BCUT2D eigenvalue weighted by Crippen LogP contribution is -2.07. The molecule has 2 rings (SSSR count). The number of hydrogen-bond acceptors (Lipinski definition) is 5. The molecule has 0 radical (unpaired) electrons. The molecule has 23 heavy (non-hydrogen) atoms. The Morgan fingerprint density at radius 2 is 2.26 bits per heavy atom. The summed E-state index contributed by atoms with van der Waals surface area (Å²) in [6.45, 7) is 4.02. The number of nitrogens with zero attached hydrogens (tertiary/aromatic N) is 3. The minimum Gasteiger partial charge on any atom is -0.374 e. The van der Waals surface area contributed by atoms with E-state index in [9.17, 15) is 10.1 Å². The van der Waals surface area contributed by atoms with Crippen molar-refractivity contribution < 1.29 is 9.66 Å². The van der Waals surface area contributed by atoms with Gasteiger partial charge in [0.25, 0.3) is 0 Å². The second-order valence-electron chi connectivity index (χ2n) is 5.23. The molecule has 0 aromatic carbocycles. The highest BCUT2D eigenvalue weighted by molar-refractivity contribution is 6.31. The van der Waals surface area contributed by atoms with Crippen LogP contribution in [0.25, 0.3) is 0 Å². The second kappa shape index (κ2) is 7.99. The van der Waals surface area contributed by atoms with Gasteiger partial charge >= 0.3 is 5.69 Å². The molecule has 2 heterocycles. The number of aryl methyl sites for hydroxylation is 2.